The first-order valence-corrected chi connectivity index (χ1v) is 9.11. The maximum atomic E-state index is 12.2. The predicted molar refractivity (Wildman–Crippen MR) is 94.6 cm³/mol. The summed E-state index contributed by atoms with van der Waals surface area (Å²) in [5.74, 6) is 1.95. The molecule has 0 spiro atoms. The molecule has 0 unspecified atom stereocenters. The van der Waals surface area contributed by atoms with Crippen LogP contribution < -0.4 is 15.5 Å². The second kappa shape index (κ2) is 7.31. The summed E-state index contributed by atoms with van der Waals surface area (Å²) in [4.78, 5) is 27.4. The van der Waals surface area contributed by atoms with Gasteiger partial charge in [0.2, 0.25) is 5.91 Å². The number of benzene rings is 1. The molecule has 2 heterocycles. The van der Waals surface area contributed by atoms with Gasteiger partial charge in [0, 0.05) is 43.4 Å². The van der Waals surface area contributed by atoms with Crippen molar-refractivity contribution in [1.82, 2.24) is 10.2 Å². The smallest absolute Gasteiger partial charge is 0.321 e. The van der Waals surface area contributed by atoms with Crippen LogP contribution in [-0.4, -0.2) is 61.1 Å². The summed E-state index contributed by atoms with van der Waals surface area (Å²) in [6.07, 6.45) is 0. The summed E-state index contributed by atoms with van der Waals surface area (Å²) < 4.78 is 0. The standard InChI is InChI=1S/C15H19ClN4O2S/c16-12-9-11(18-15(22)19-5-7-23-8-6-19)1-2-13(12)20-4-3-17-14(21)10-20/h1-2,9H,3-8,10H2,(H,17,21)(H,18,22). The molecule has 2 aliphatic heterocycles. The molecule has 2 fully saturated rings. The van der Waals surface area contributed by atoms with Crippen LogP contribution in [0.5, 0.6) is 0 Å². The fraction of sp³-hybridized carbons (Fsp3) is 0.467. The van der Waals surface area contributed by atoms with Gasteiger partial charge in [-0.2, -0.15) is 11.8 Å². The molecule has 0 bridgehead atoms. The minimum absolute atomic E-state index is 0.00679. The first-order chi connectivity index (χ1) is 11.1. The van der Waals surface area contributed by atoms with Crippen LogP contribution in [0.25, 0.3) is 0 Å². The molecule has 1 aromatic rings. The number of nitrogens with one attached hydrogen (secondary N) is 2. The van der Waals surface area contributed by atoms with Gasteiger partial charge in [0.25, 0.3) is 0 Å². The molecule has 0 aromatic heterocycles. The zero-order valence-corrected chi connectivity index (χ0v) is 14.3. The molecule has 2 aliphatic rings. The molecule has 3 rings (SSSR count). The summed E-state index contributed by atoms with van der Waals surface area (Å²) in [6.45, 7) is 3.18. The van der Waals surface area contributed by atoms with Gasteiger partial charge in [-0.25, -0.2) is 4.79 Å². The number of hydrogen-bond acceptors (Lipinski definition) is 4. The van der Waals surface area contributed by atoms with E-state index in [1.54, 1.807) is 6.07 Å². The van der Waals surface area contributed by atoms with Crippen LogP contribution in [0, 0.1) is 0 Å². The van der Waals surface area contributed by atoms with Crippen molar-refractivity contribution in [2.24, 2.45) is 0 Å². The normalized spacial score (nSPS) is 18.6. The quantitative estimate of drug-likeness (QED) is 0.850. The van der Waals surface area contributed by atoms with Crippen molar-refractivity contribution in [3.05, 3.63) is 23.2 Å². The van der Waals surface area contributed by atoms with Crippen LogP contribution >= 0.6 is 23.4 Å². The predicted octanol–water partition coefficient (Wildman–Crippen LogP) is 1.86. The number of piperazine rings is 1. The van der Waals surface area contributed by atoms with Crippen LogP contribution in [0.2, 0.25) is 5.02 Å². The molecular formula is C15H19ClN4O2S. The Morgan fingerprint density at radius 3 is 2.74 bits per heavy atom. The number of hydrogen-bond donors (Lipinski definition) is 2. The second-order valence-corrected chi connectivity index (χ2v) is 7.10. The number of carbonyl (C=O) groups excluding carboxylic acids is 2. The van der Waals surface area contributed by atoms with Crippen molar-refractivity contribution in [2.75, 3.05) is 54.4 Å². The molecule has 0 aliphatic carbocycles. The average molecular weight is 355 g/mol. The number of urea groups is 1. The van der Waals surface area contributed by atoms with Gasteiger partial charge in [-0.15, -0.1) is 0 Å². The molecule has 0 radical (unpaired) electrons. The second-order valence-electron chi connectivity index (χ2n) is 5.47. The van der Waals surface area contributed by atoms with Gasteiger partial charge >= 0.3 is 6.03 Å². The number of halogens is 1. The fourth-order valence-electron chi connectivity index (χ4n) is 2.65. The monoisotopic (exact) mass is 354 g/mol. The van der Waals surface area contributed by atoms with Gasteiger partial charge in [0.15, 0.2) is 0 Å². The van der Waals surface area contributed by atoms with Crippen LogP contribution in [0.1, 0.15) is 0 Å². The zero-order valence-electron chi connectivity index (χ0n) is 12.7. The van der Waals surface area contributed by atoms with E-state index in [0.29, 0.717) is 23.8 Å². The van der Waals surface area contributed by atoms with Crippen molar-refractivity contribution >= 4 is 46.7 Å². The number of anilines is 2. The van der Waals surface area contributed by atoms with E-state index in [4.69, 9.17) is 11.6 Å². The molecule has 8 heteroatoms. The summed E-state index contributed by atoms with van der Waals surface area (Å²) >= 11 is 8.20. The molecule has 3 amide bonds. The van der Waals surface area contributed by atoms with E-state index in [2.05, 4.69) is 10.6 Å². The van der Waals surface area contributed by atoms with Crippen LogP contribution in [0.15, 0.2) is 18.2 Å². The number of thioether (sulfide) groups is 1. The van der Waals surface area contributed by atoms with Crippen molar-refractivity contribution in [3.8, 4) is 0 Å². The van der Waals surface area contributed by atoms with Crippen molar-refractivity contribution in [3.63, 3.8) is 0 Å². The third-order valence-electron chi connectivity index (χ3n) is 3.88. The lowest BCUT2D eigenvalue weighted by Gasteiger charge is -2.30. The maximum Gasteiger partial charge on any atom is 0.321 e. The third kappa shape index (κ3) is 4.03. The van der Waals surface area contributed by atoms with Gasteiger partial charge in [-0.1, -0.05) is 11.6 Å². The van der Waals surface area contributed by atoms with E-state index >= 15 is 0 Å². The highest BCUT2D eigenvalue weighted by Crippen LogP contribution is 2.29. The highest BCUT2D eigenvalue weighted by Gasteiger charge is 2.20. The van der Waals surface area contributed by atoms with E-state index < -0.39 is 0 Å². The van der Waals surface area contributed by atoms with Crippen LogP contribution in [0.4, 0.5) is 16.2 Å². The van der Waals surface area contributed by atoms with Gasteiger partial charge in [0.05, 0.1) is 17.3 Å². The molecule has 124 valence electrons. The fourth-order valence-corrected chi connectivity index (χ4v) is 3.86. The lowest BCUT2D eigenvalue weighted by molar-refractivity contribution is -0.120. The Morgan fingerprint density at radius 1 is 1.26 bits per heavy atom. The van der Waals surface area contributed by atoms with Crippen LogP contribution in [0.3, 0.4) is 0 Å². The van der Waals surface area contributed by atoms with Crippen LogP contribution in [-0.2, 0) is 4.79 Å². The number of nitrogens with zero attached hydrogens (tertiary/aromatic N) is 2. The average Bonchev–Trinajstić information content (AvgIpc) is 2.56. The number of rotatable bonds is 2. The minimum Gasteiger partial charge on any atom is -0.359 e. The summed E-state index contributed by atoms with van der Waals surface area (Å²) in [7, 11) is 0. The van der Waals surface area contributed by atoms with E-state index in [-0.39, 0.29) is 11.9 Å². The maximum absolute atomic E-state index is 12.2. The van der Waals surface area contributed by atoms with Gasteiger partial charge in [-0.3, -0.25) is 4.79 Å². The SMILES string of the molecule is O=C1CN(c2ccc(NC(=O)N3CCSCC3)cc2Cl)CCN1. The molecular weight excluding hydrogens is 336 g/mol. The first-order valence-electron chi connectivity index (χ1n) is 7.58. The summed E-state index contributed by atoms with van der Waals surface area (Å²) in [5.41, 5.74) is 1.48. The van der Waals surface area contributed by atoms with Gasteiger partial charge in [0.1, 0.15) is 0 Å². The minimum atomic E-state index is -0.0912. The third-order valence-corrected chi connectivity index (χ3v) is 5.12. The van der Waals surface area contributed by atoms with E-state index in [1.807, 2.05) is 33.7 Å². The lowest BCUT2D eigenvalue weighted by atomic mass is 10.2. The molecule has 2 N–H and O–H groups in total. The number of carbonyl (C=O) groups is 2. The summed E-state index contributed by atoms with van der Waals surface area (Å²) in [6, 6.07) is 5.32. The van der Waals surface area contributed by atoms with Crippen molar-refractivity contribution in [1.29, 1.82) is 0 Å². The molecule has 23 heavy (non-hydrogen) atoms. The van der Waals surface area contributed by atoms with E-state index in [0.717, 1.165) is 36.8 Å². The van der Waals surface area contributed by atoms with Gasteiger partial charge in [-0.05, 0) is 18.2 Å². The van der Waals surface area contributed by atoms with E-state index in [1.165, 1.54) is 0 Å². The Balaban J connectivity index is 1.66. The first kappa shape index (κ1) is 16.3. The lowest BCUT2D eigenvalue weighted by Crippen LogP contribution is -2.47. The molecule has 2 saturated heterocycles. The molecule has 6 nitrogen and oxygen atoms in total. The topological polar surface area (TPSA) is 64.7 Å². The Bertz CT molecular complexity index is 607. The molecule has 0 atom stereocenters. The summed E-state index contributed by atoms with van der Waals surface area (Å²) in [5, 5.41) is 6.21. The molecule has 0 saturated carbocycles. The van der Waals surface area contributed by atoms with Gasteiger partial charge < -0.3 is 20.4 Å². The Morgan fingerprint density at radius 2 is 2.04 bits per heavy atom. The van der Waals surface area contributed by atoms with Crippen molar-refractivity contribution < 1.29 is 9.59 Å². The van der Waals surface area contributed by atoms with E-state index in [9.17, 15) is 9.59 Å². The molecule has 1 aromatic carbocycles. The highest BCUT2D eigenvalue weighted by atomic mass is 35.5. The highest BCUT2D eigenvalue weighted by molar-refractivity contribution is 7.99. The largest absolute Gasteiger partial charge is 0.359 e. The van der Waals surface area contributed by atoms with Crippen molar-refractivity contribution in [2.45, 2.75) is 0 Å². The zero-order chi connectivity index (χ0) is 16.2. The Kier molecular flexibility index (Phi) is 5.17. The Labute approximate surface area is 144 Å². The number of amides is 3. The Hall–Kier alpha value is -1.60.